The van der Waals surface area contributed by atoms with Crippen molar-refractivity contribution >= 4 is 16.8 Å². The Morgan fingerprint density at radius 2 is 1.91 bits per heavy atom. The zero-order valence-electron chi connectivity index (χ0n) is 18.0. The lowest BCUT2D eigenvalue weighted by molar-refractivity contribution is -0.122. The van der Waals surface area contributed by atoms with Crippen LogP contribution in [0.5, 0.6) is 0 Å². The number of aromatic amines is 1. The number of halogens is 3. The maximum absolute atomic E-state index is 14.5. The number of H-pyrrole nitrogens is 1. The number of aryl methyl sites for hydroxylation is 1. The van der Waals surface area contributed by atoms with Gasteiger partial charge in [0.1, 0.15) is 29.8 Å². The number of benzene rings is 2. The topological polar surface area (TPSA) is 62.7 Å². The molecule has 1 fully saturated rings. The standard InChI is InChI=1S/C25H23F3N4O/c1-14-29-6-7-32(14)13-22(33)30-12-15-8-17(9-15)23-20-10-19(27)11-21(28)25(20)31-24(23)16-2-4-18(26)5-3-16/h2-7,10-11,15,17,31H,8-9,12-13H2,1H3,(H,30,33)/t15-,17+. The summed E-state index contributed by atoms with van der Waals surface area (Å²) in [6.07, 6.45) is 4.98. The summed E-state index contributed by atoms with van der Waals surface area (Å²) in [6.45, 7) is 2.60. The van der Waals surface area contributed by atoms with Gasteiger partial charge < -0.3 is 14.9 Å². The zero-order chi connectivity index (χ0) is 23.1. The van der Waals surface area contributed by atoms with Crippen molar-refractivity contribution in [1.29, 1.82) is 0 Å². The molecule has 0 unspecified atom stereocenters. The van der Waals surface area contributed by atoms with E-state index in [-0.39, 0.29) is 35.6 Å². The van der Waals surface area contributed by atoms with Crippen LogP contribution in [0.15, 0.2) is 48.8 Å². The molecule has 1 amide bonds. The van der Waals surface area contributed by atoms with Gasteiger partial charge in [0, 0.05) is 30.4 Å². The van der Waals surface area contributed by atoms with Crippen molar-refractivity contribution in [1.82, 2.24) is 19.9 Å². The van der Waals surface area contributed by atoms with Crippen molar-refractivity contribution in [2.24, 2.45) is 5.92 Å². The van der Waals surface area contributed by atoms with Crippen molar-refractivity contribution in [3.8, 4) is 11.3 Å². The number of carbonyl (C=O) groups is 1. The molecule has 0 radical (unpaired) electrons. The number of hydrogen-bond donors (Lipinski definition) is 2. The minimum absolute atomic E-state index is 0.0808. The van der Waals surface area contributed by atoms with Crippen LogP contribution in [-0.4, -0.2) is 27.0 Å². The molecule has 2 N–H and O–H groups in total. The van der Waals surface area contributed by atoms with E-state index in [0.29, 0.717) is 17.6 Å². The molecule has 2 aromatic carbocycles. The predicted molar refractivity (Wildman–Crippen MR) is 119 cm³/mol. The molecular weight excluding hydrogens is 429 g/mol. The highest BCUT2D eigenvalue weighted by Gasteiger charge is 2.34. The van der Waals surface area contributed by atoms with Crippen LogP contribution in [0.3, 0.4) is 0 Å². The van der Waals surface area contributed by atoms with E-state index >= 15 is 0 Å². The van der Waals surface area contributed by atoms with Crippen LogP contribution in [0.4, 0.5) is 13.2 Å². The number of aromatic nitrogens is 3. The second-order valence-corrected chi connectivity index (χ2v) is 8.67. The first kappa shape index (κ1) is 21.3. The van der Waals surface area contributed by atoms with Gasteiger partial charge in [-0.3, -0.25) is 4.79 Å². The van der Waals surface area contributed by atoms with Crippen molar-refractivity contribution in [3.05, 3.63) is 77.6 Å². The van der Waals surface area contributed by atoms with Crippen molar-refractivity contribution in [2.75, 3.05) is 6.54 Å². The fourth-order valence-electron chi connectivity index (χ4n) is 4.69. The molecule has 33 heavy (non-hydrogen) atoms. The fraction of sp³-hybridized carbons (Fsp3) is 0.280. The highest BCUT2D eigenvalue weighted by molar-refractivity contribution is 5.92. The Morgan fingerprint density at radius 3 is 2.61 bits per heavy atom. The molecule has 1 aliphatic rings. The maximum atomic E-state index is 14.5. The van der Waals surface area contributed by atoms with Crippen LogP contribution in [0, 0.1) is 30.3 Å². The molecule has 0 aliphatic heterocycles. The number of imidazole rings is 1. The van der Waals surface area contributed by atoms with Crippen LogP contribution in [0.25, 0.3) is 22.2 Å². The number of amides is 1. The number of hydrogen-bond acceptors (Lipinski definition) is 2. The van der Waals surface area contributed by atoms with Gasteiger partial charge in [0.25, 0.3) is 0 Å². The molecule has 0 saturated heterocycles. The van der Waals surface area contributed by atoms with Gasteiger partial charge in [0.2, 0.25) is 5.91 Å². The summed E-state index contributed by atoms with van der Waals surface area (Å²) in [5.41, 5.74) is 2.48. The molecule has 4 aromatic rings. The lowest BCUT2D eigenvalue weighted by Crippen LogP contribution is -2.37. The van der Waals surface area contributed by atoms with Gasteiger partial charge in [-0.1, -0.05) is 0 Å². The SMILES string of the molecule is Cc1nccn1CC(=O)NC[C@H]1C[C@@H](c2c(-c3ccc(F)cc3)[nH]c3c(F)cc(F)cc32)C1. The Hall–Kier alpha value is -3.55. The molecule has 2 heterocycles. The van der Waals surface area contributed by atoms with Crippen LogP contribution in [0.1, 0.15) is 30.1 Å². The van der Waals surface area contributed by atoms with E-state index in [4.69, 9.17) is 0 Å². The Balaban J connectivity index is 1.33. The lowest BCUT2D eigenvalue weighted by Gasteiger charge is -2.36. The molecule has 170 valence electrons. The Bertz CT molecular complexity index is 1320. The first-order chi connectivity index (χ1) is 15.9. The van der Waals surface area contributed by atoms with E-state index in [1.165, 1.54) is 18.2 Å². The van der Waals surface area contributed by atoms with Gasteiger partial charge in [-0.05, 0) is 73.1 Å². The van der Waals surface area contributed by atoms with Crippen LogP contribution >= 0.6 is 0 Å². The second-order valence-electron chi connectivity index (χ2n) is 8.67. The molecule has 5 nitrogen and oxygen atoms in total. The number of carbonyl (C=O) groups excluding carboxylic acids is 1. The Labute approximate surface area is 188 Å². The Morgan fingerprint density at radius 1 is 1.15 bits per heavy atom. The van der Waals surface area contributed by atoms with Gasteiger partial charge in [-0.2, -0.15) is 0 Å². The molecule has 0 atom stereocenters. The van der Waals surface area contributed by atoms with E-state index in [0.717, 1.165) is 35.9 Å². The molecule has 1 aliphatic carbocycles. The van der Waals surface area contributed by atoms with Crippen LogP contribution < -0.4 is 5.32 Å². The van der Waals surface area contributed by atoms with Crippen molar-refractivity contribution in [2.45, 2.75) is 32.2 Å². The van der Waals surface area contributed by atoms with Gasteiger partial charge in [0.15, 0.2) is 0 Å². The van der Waals surface area contributed by atoms with E-state index < -0.39 is 11.6 Å². The van der Waals surface area contributed by atoms with Crippen molar-refractivity contribution in [3.63, 3.8) is 0 Å². The van der Waals surface area contributed by atoms with Crippen LogP contribution in [-0.2, 0) is 11.3 Å². The molecule has 0 bridgehead atoms. The summed E-state index contributed by atoms with van der Waals surface area (Å²) in [6, 6.07) is 8.17. The number of nitrogens with one attached hydrogen (secondary N) is 2. The van der Waals surface area contributed by atoms with Crippen LogP contribution in [0.2, 0.25) is 0 Å². The van der Waals surface area contributed by atoms with E-state index in [1.54, 1.807) is 29.1 Å². The van der Waals surface area contributed by atoms with Crippen molar-refractivity contribution < 1.29 is 18.0 Å². The van der Waals surface area contributed by atoms with E-state index in [1.807, 2.05) is 6.92 Å². The normalized spacial score (nSPS) is 17.8. The molecule has 5 rings (SSSR count). The molecule has 1 saturated carbocycles. The van der Waals surface area contributed by atoms with Gasteiger partial charge in [-0.15, -0.1) is 0 Å². The quantitative estimate of drug-likeness (QED) is 0.429. The maximum Gasteiger partial charge on any atom is 0.239 e. The first-order valence-corrected chi connectivity index (χ1v) is 10.9. The minimum atomic E-state index is -0.655. The average molecular weight is 452 g/mol. The number of fused-ring (bicyclic) bond motifs is 1. The van der Waals surface area contributed by atoms with E-state index in [2.05, 4.69) is 15.3 Å². The van der Waals surface area contributed by atoms with Gasteiger partial charge in [0.05, 0.1) is 11.2 Å². The lowest BCUT2D eigenvalue weighted by atomic mass is 9.70. The van der Waals surface area contributed by atoms with E-state index in [9.17, 15) is 18.0 Å². The smallest absolute Gasteiger partial charge is 0.239 e. The second kappa shape index (κ2) is 8.42. The minimum Gasteiger partial charge on any atom is -0.354 e. The highest BCUT2D eigenvalue weighted by Crippen LogP contribution is 2.48. The predicted octanol–water partition coefficient (Wildman–Crippen LogP) is 5.07. The zero-order valence-corrected chi connectivity index (χ0v) is 18.0. The monoisotopic (exact) mass is 452 g/mol. The summed E-state index contributed by atoms with van der Waals surface area (Å²) in [4.78, 5) is 19.5. The van der Waals surface area contributed by atoms with Gasteiger partial charge >= 0.3 is 0 Å². The first-order valence-electron chi connectivity index (χ1n) is 10.9. The summed E-state index contributed by atoms with van der Waals surface area (Å²) in [5, 5.41) is 3.48. The summed E-state index contributed by atoms with van der Waals surface area (Å²) < 4.78 is 43.8. The molecule has 2 aromatic heterocycles. The number of nitrogens with zero attached hydrogens (tertiary/aromatic N) is 2. The Kier molecular flexibility index (Phi) is 5.44. The summed E-state index contributed by atoms with van der Waals surface area (Å²) in [7, 11) is 0. The third-order valence-corrected chi connectivity index (χ3v) is 6.47. The number of rotatable bonds is 6. The molecular formula is C25H23F3N4O. The average Bonchev–Trinajstić information content (AvgIpc) is 3.31. The fourth-order valence-corrected chi connectivity index (χ4v) is 4.69. The van der Waals surface area contributed by atoms with Gasteiger partial charge in [-0.25, -0.2) is 18.2 Å². The molecule has 0 spiro atoms. The summed E-state index contributed by atoms with van der Waals surface area (Å²) in [5.74, 6) is -0.603. The third kappa shape index (κ3) is 4.13. The summed E-state index contributed by atoms with van der Waals surface area (Å²) >= 11 is 0. The largest absolute Gasteiger partial charge is 0.354 e. The third-order valence-electron chi connectivity index (χ3n) is 6.47. The highest BCUT2D eigenvalue weighted by atomic mass is 19.1. The molecule has 8 heteroatoms.